The number of aryl methyl sites for hydroxylation is 2. The number of hydrogen-bond acceptors (Lipinski definition) is 4. The highest BCUT2D eigenvalue weighted by Gasteiger charge is 2.44. The SMILES string of the molecule is Cc1cc(C)cc(CN2CCC3(Cc4nn(Cc5ccccc5)c(=O)c(=O)n4C3)C2)c1. The van der Waals surface area contributed by atoms with Crippen molar-refractivity contribution in [2.75, 3.05) is 13.1 Å². The maximum Gasteiger partial charge on any atom is 0.332 e. The van der Waals surface area contributed by atoms with E-state index in [-0.39, 0.29) is 5.41 Å². The summed E-state index contributed by atoms with van der Waals surface area (Å²) in [6.45, 7) is 8.05. The molecule has 6 nitrogen and oxygen atoms in total. The predicted octanol–water partition coefficient (Wildman–Crippen LogP) is 2.52. The summed E-state index contributed by atoms with van der Waals surface area (Å²) < 4.78 is 2.97. The van der Waals surface area contributed by atoms with Gasteiger partial charge in [-0.15, -0.1) is 0 Å². The Morgan fingerprint density at radius 1 is 0.903 bits per heavy atom. The first-order valence-corrected chi connectivity index (χ1v) is 11.0. The molecule has 1 spiro atoms. The van der Waals surface area contributed by atoms with Gasteiger partial charge in [0.2, 0.25) is 0 Å². The molecular formula is C25H28N4O2. The zero-order valence-electron chi connectivity index (χ0n) is 18.2. The Hall–Kier alpha value is -2.99. The monoisotopic (exact) mass is 416 g/mol. The summed E-state index contributed by atoms with van der Waals surface area (Å²) in [4.78, 5) is 28.0. The molecule has 6 heteroatoms. The van der Waals surface area contributed by atoms with Gasteiger partial charge < -0.3 is 0 Å². The van der Waals surface area contributed by atoms with Crippen LogP contribution in [0, 0.1) is 19.3 Å². The van der Waals surface area contributed by atoms with Crippen LogP contribution in [0.1, 0.15) is 34.5 Å². The van der Waals surface area contributed by atoms with E-state index in [0.717, 1.165) is 43.9 Å². The molecule has 3 aromatic rings. The molecule has 2 aliphatic heterocycles. The van der Waals surface area contributed by atoms with Gasteiger partial charge in [-0.3, -0.25) is 19.1 Å². The van der Waals surface area contributed by atoms with Crippen LogP contribution < -0.4 is 11.1 Å². The van der Waals surface area contributed by atoms with E-state index in [1.165, 1.54) is 21.4 Å². The average Bonchev–Trinajstić information content (AvgIpc) is 3.28. The first kappa shape index (κ1) is 19.9. The van der Waals surface area contributed by atoms with Gasteiger partial charge in [-0.2, -0.15) is 5.10 Å². The molecule has 0 N–H and O–H groups in total. The van der Waals surface area contributed by atoms with Gasteiger partial charge in [0.15, 0.2) is 0 Å². The van der Waals surface area contributed by atoms with E-state index in [2.05, 4.69) is 42.0 Å². The van der Waals surface area contributed by atoms with Crippen LogP contribution in [0.25, 0.3) is 0 Å². The lowest BCUT2D eigenvalue weighted by Gasteiger charge is -2.23. The molecule has 1 aromatic heterocycles. The maximum absolute atomic E-state index is 12.8. The molecule has 1 unspecified atom stereocenters. The van der Waals surface area contributed by atoms with Crippen LogP contribution in [0.4, 0.5) is 0 Å². The number of hydrogen-bond donors (Lipinski definition) is 0. The molecule has 0 aliphatic carbocycles. The van der Waals surface area contributed by atoms with Crippen molar-refractivity contribution in [3.8, 4) is 0 Å². The quantitative estimate of drug-likeness (QED) is 0.614. The van der Waals surface area contributed by atoms with Gasteiger partial charge in [-0.05, 0) is 37.9 Å². The first-order valence-electron chi connectivity index (χ1n) is 11.0. The highest BCUT2D eigenvalue weighted by atomic mass is 16.2. The minimum absolute atomic E-state index is 0.00357. The Kier molecular flexibility index (Phi) is 4.89. The molecule has 0 saturated carbocycles. The molecular weight excluding hydrogens is 388 g/mol. The van der Waals surface area contributed by atoms with Crippen molar-refractivity contribution < 1.29 is 0 Å². The Morgan fingerprint density at radius 3 is 2.39 bits per heavy atom. The number of likely N-dealkylation sites (tertiary alicyclic amines) is 1. The van der Waals surface area contributed by atoms with E-state index < -0.39 is 11.1 Å². The third-order valence-electron chi connectivity index (χ3n) is 6.62. The summed E-state index contributed by atoms with van der Waals surface area (Å²) in [5, 5.41) is 4.61. The minimum atomic E-state index is -0.533. The number of benzene rings is 2. The van der Waals surface area contributed by atoms with E-state index in [1.807, 2.05) is 30.3 Å². The second-order valence-electron chi connectivity index (χ2n) is 9.39. The summed E-state index contributed by atoms with van der Waals surface area (Å²) in [6, 6.07) is 16.4. The molecule has 1 fully saturated rings. The third-order valence-corrected chi connectivity index (χ3v) is 6.62. The molecule has 1 atom stereocenters. The Bertz CT molecular complexity index is 1220. The normalized spacial score (nSPS) is 20.5. The summed E-state index contributed by atoms with van der Waals surface area (Å²) in [5.41, 5.74) is 3.91. The van der Waals surface area contributed by atoms with Gasteiger partial charge in [-0.1, -0.05) is 59.7 Å². The molecule has 2 aromatic carbocycles. The fourth-order valence-corrected chi connectivity index (χ4v) is 5.32. The smallest absolute Gasteiger partial charge is 0.298 e. The second kappa shape index (κ2) is 7.61. The second-order valence-corrected chi connectivity index (χ2v) is 9.39. The molecule has 5 rings (SSSR count). The van der Waals surface area contributed by atoms with Gasteiger partial charge >= 0.3 is 11.1 Å². The van der Waals surface area contributed by atoms with Gasteiger partial charge in [0.25, 0.3) is 0 Å². The summed E-state index contributed by atoms with van der Waals surface area (Å²) >= 11 is 0. The summed E-state index contributed by atoms with van der Waals surface area (Å²) in [7, 11) is 0. The lowest BCUT2D eigenvalue weighted by molar-refractivity contribution is 0.246. The predicted molar refractivity (Wildman–Crippen MR) is 120 cm³/mol. The molecule has 1 saturated heterocycles. The molecule has 160 valence electrons. The van der Waals surface area contributed by atoms with Gasteiger partial charge in [-0.25, -0.2) is 4.68 Å². The van der Waals surface area contributed by atoms with Crippen LogP contribution >= 0.6 is 0 Å². The van der Waals surface area contributed by atoms with Crippen LogP contribution in [0.3, 0.4) is 0 Å². The van der Waals surface area contributed by atoms with Crippen LogP contribution in [0.2, 0.25) is 0 Å². The standard InChI is InChI=1S/C25H28N4O2/c1-18-10-19(2)12-21(11-18)14-27-9-8-25(16-27)13-22-26-29(15-20-6-4-3-5-7-20)24(31)23(30)28(22)17-25/h3-7,10-12H,8-9,13-17H2,1-2H3. The van der Waals surface area contributed by atoms with Gasteiger partial charge in [0.1, 0.15) is 5.82 Å². The van der Waals surface area contributed by atoms with E-state index in [9.17, 15) is 9.59 Å². The van der Waals surface area contributed by atoms with Crippen molar-refractivity contribution >= 4 is 0 Å². The van der Waals surface area contributed by atoms with Crippen molar-refractivity contribution in [1.82, 2.24) is 19.2 Å². The number of fused-ring (bicyclic) bond motifs is 1. The van der Waals surface area contributed by atoms with Crippen LogP contribution in [-0.2, 0) is 26.1 Å². The van der Waals surface area contributed by atoms with E-state index >= 15 is 0 Å². The zero-order chi connectivity index (χ0) is 21.6. The van der Waals surface area contributed by atoms with Crippen LogP contribution in [-0.4, -0.2) is 32.3 Å². The topological polar surface area (TPSA) is 60.1 Å². The van der Waals surface area contributed by atoms with Crippen molar-refractivity contribution in [2.45, 2.75) is 46.3 Å². The Labute approximate surface area is 181 Å². The van der Waals surface area contributed by atoms with Crippen molar-refractivity contribution in [1.29, 1.82) is 0 Å². The molecule has 0 bridgehead atoms. The molecule has 0 amide bonds. The highest BCUT2D eigenvalue weighted by molar-refractivity contribution is 5.28. The largest absolute Gasteiger partial charge is 0.332 e. The zero-order valence-corrected chi connectivity index (χ0v) is 18.2. The fourth-order valence-electron chi connectivity index (χ4n) is 5.32. The summed E-state index contributed by atoms with van der Waals surface area (Å²) in [6.07, 6.45) is 1.77. The Balaban J connectivity index is 1.36. The van der Waals surface area contributed by atoms with Gasteiger partial charge in [0.05, 0.1) is 6.54 Å². The van der Waals surface area contributed by atoms with Crippen molar-refractivity contribution in [3.05, 3.63) is 97.3 Å². The molecule has 2 aliphatic rings. The van der Waals surface area contributed by atoms with Crippen molar-refractivity contribution in [2.24, 2.45) is 5.41 Å². The highest BCUT2D eigenvalue weighted by Crippen LogP contribution is 2.39. The minimum Gasteiger partial charge on any atom is -0.298 e. The summed E-state index contributed by atoms with van der Waals surface area (Å²) in [5.74, 6) is 0.744. The molecule has 31 heavy (non-hydrogen) atoms. The number of aromatic nitrogens is 3. The molecule has 0 radical (unpaired) electrons. The third kappa shape index (κ3) is 3.88. The van der Waals surface area contributed by atoms with Crippen LogP contribution in [0.5, 0.6) is 0 Å². The van der Waals surface area contributed by atoms with Crippen LogP contribution in [0.15, 0.2) is 58.1 Å². The number of rotatable bonds is 4. The van der Waals surface area contributed by atoms with Crippen molar-refractivity contribution in [3.63, 3.8) is 0 Å². The van der Waals surface area contributed by atoms with E-state index in [0.29, 0.717) is 13.1 Å². The maximum atomic E-state index is 12.8. The first-order chi connectivity index (χ1) is 14.9. The average molecular weight is 417 g/mol. The number of nitrogens with zero attached hydrogens (tertiary/aromatic N) is 4. The Morgan fingerprint density at radius 2 is 1.65 bits per heavy atom. The van der Waals surface area contributed by atoms with Gasteiger partial charge in [0, 0.05) is 31.5 Å². The lowest BCUT2D eigenvalue weighted by atomic mass is 9.86. The lowest BCUT2D eigenvalue weighted by Crippen LogP contribution is -2.43. The molecule has 3 heterocycles. The van der Waals surface area contributed by atoms with E-state index in [4.69, 9.17) is 0 Å². The fraction of sp³-hybridized carbons (Fsp3) is 0.400. The van der Waals surface area contributed by atoms with E-state index in [1.54, 1.807) is 4.57 Å².